The number of nitrogens with zero attached hydrogens (tertiary/aromatic N) is 2. The van der Waals surface area contributed by atoms with Crippen molar-refractivity contribution >= 4 is 5.78 Å². The number of ketones is 1. The van der Waals surface area contributed by atoms with E-state index in [9.17, 15) is 4.79 Å². The maximum absolute atomic E-state index is 12.4. The Morgan fingerprint density at radius 3 is 2.57 bits per heavy atom. The van der Waals surface area contributed by atoms with Crippen LogP contribution >= 0.6 is 0 Å². The Balaban J connectivity index is 1.53. The van der Waals surface area contributed by atoms with Gasteiger partial charge in [0.25, 0.3) is 0 Å². The molecule has 0 saturated heterocycles. The molecule has 0 amide bonds. The first-order valence-electron chi connectivity index (χ1n) is 8.53. The van der Waals surface area contributed by atoms with Crippen molar-refractivity contribution in [3.63, 3.8) is 0 Å². The van der Waals surface area contributed by atoms with E-state index >= 15 is 0 Å². The van der Waals surface area contributed by atoms with Gasteiger partial charge in [-0.2, -0.15) is 5.10 Å². The highest BCUT2D eigenvalue weighted by Crippen LogP contribution is 2.30. The van der Waals surface area contributed by atoms with Crippen molar-refractivity contribution in [1.82, 2.24) is 9.78 Å². The van der Waals surface area contributed by atoms with E-state index in [1.165, 1.54) is 25.7 Å². The smallest absolute Gasteiger partial charge is 0.141 e. The number of rotatable bonds is 5. The molecule has 0 radical (unpaired) electrons. The number of carbonyl (C=O) groups is 1. The second kappa shape index (κ2) is 6.73. The van der Waals surface area contributed by atoms with Crippen LogP contribution in [-0.4, -0.2) is 22.1 Å². The van der Waals surface area contributed by atoms with Gasteiger partial charge in [0.15, 0.2) is 0 Å². The van der Waals surface area contributed by atoms with Crippen LogP contribution in [0.3, 0.4) is 0 Å². The fraction of sp³-hybridized carbons (Fsp3) is 0.765. The largest absolute Gasteiger partial charge is 0.330 e. The molecule has 2 aliphatic rings. The lowest BCUT2D eigenvalue weighted by molar-refractivity contribution is -0.123. The molecule has 116 valence electrons. The fourth-order valence-electron chi connectivity index (χ4n) is 3.89. The normalized spacial score (nSPS) is 27.1. The van der Waals surface area contributed by atoms with Gasteiger partial charge in [-0.15, -0.1) is 0 Å². The summed E-state index contributed by atoms with van der Waals surface area (Å²) < 4.78 is 2.08. The van der Waals surface area contributed by atoms with E-state index in [2.05, 4.69) is 16.0 Å². The molecule has 4 heteroatoms. The van der Waals surface area contributed by atoms with Crippen molar-refractivity contribution in [2.45, 2.75) is 63.8 Å². The number of nitrogens with two attached hydrogens (primary N) is 1. The van der Waals surface area contributed by atoms with E-state index in [-0.39, 0.29) is 5.92 Å². The van der Waals surface area contributed by atoms with E-state index in [4.69, 9.17) is 5.73 Å². The number of hydrogen-bond donors (Lipinski definition) is 1. The number of hydrogen-bond acceptors (Lipinski definition) is 3. The molecular weight excluding hydrogens is 262 g/mol. The van der Waals surface area contributed by atoms with E-state index in [1.807, 2.05) is 6.07 Å². The van der Waals surface area contributed by atoms with E-state index in [1.54, 1.807) is 0 Å². The standard InChI is InChI=1S/C17H27N3O/c18-12-13-5-7-14(8-6-13)17(21)11-15-9-10-20(19-15)16-3-1-2-4-16/h9-10,13-14,16H,1-8,11-12,18H2. The summed E-state index contributed by atoms with van der Waals surface area (Å²) >= 11 is 0. The molecule has 0 spiro atoms. The molecular formula is C17H27N3O. The molecule has 0 unspecified atom stereocenters. The summed E-state index contributed by atoms with van der Waals surface area (Å²) in [6, 6.07) is 2.59. The lowest BCUT2D eigenvalue weighted by Gasteiger charge is -2.26. The van der Waals surface area contributed by atoms with E-state index in [0.717, 1.165) is 37.9 Å². The van der Waals surface area contributed by atoms with Crippen LogP contribution < -0.4 is 5.73 Å². The van der Waals surface area contributed by atoms with Gasteiger partial charge in [0, 0.05) is 12.1 Å². The van der Waals surface area contributed by atoms with Crippen molar-refractivity contribution in [1.29, 1.82) is 0 Å². The summed E-state index contributed by atoms with van der Waals surface area (Å²) in [7, 11) is 0. The monoisotopic (exact) mass is 289 g/mol. The Morgan fingerprint density at radius 1 is 1.19 bits per heavy atom. The van der Waals surface area contributed by atoms with Gasteiger partial charge in [0.1, 0.15) is 5.78 Å². The first-order chi connectivity index (χ1) is 10.3. The zero-order valence-electron chi connectivity index (χ0n) is 12.8. The molecule has 1 aromatic heterocycles. The van der Waals surface area contributed by atoms with Gasteiger partial charge >= 0.3 is 0 Å². The van der Waals surface area contributed by atoms with Gasteiger partial charge in [-0.1, -0.05) is 12.8 Å². The predicted octanol–water partition coefficient (Wildman–Crippen LogP) is 2.87. The van der Waals surface area contributed by atoms with Crippen LogP contribution in [0.1, 0.15) is 63.1 Å². The molecule has 0 aliphatic heterocycles. The molecule has 2 fully saturated rings. The van der Waals surface area contributed by atoms with Crippen LogP contribution in [0.4, 0.5) is 0 Å². The first kappa shape index (κ1) is 14.8. The van der Waals surface area contributed by atoms with Crippen LogP contribution in [0.5, 0.6) is 0 Å². The Kier molecular flexibility index (Phi) is 4.73. The van der Waals surface area contributed by atoms with E-state index < -0.39 is 0 Å². The Bertz CT molecular complexity index is 468. The van der Waals surface area contributed by atoms with Gasteiger partial charge in [-0.3, -0.25) is 9.48 Å². The minimum absolute atomic E-state index is 0.240. The quantitative estimate of drug-likeness (QED) is 0.906. The lowest BCUT2D eigenvalue weighted by atomic mass is 9.79. The number of carbonyl (C=O) groups excluding carboxylic acids is 1. The van der Waals surface area contributed by atoms with Crippen LogP contribution in [-0.2, 0) is 11.2 Å². The molecule has 0 aromatic carbocycles. The molecule has 0 bridgehead atoms. The van der Waals surface area contributed by atoms with Crippen LogP contribution in [0.2, 0.25) is 0 Å². The van der Waals surface area contributed by atoms with Crippen molar-refractivity contribution in [2.24, 2.45) is 17.6 Å². The summed E-state index contributed by atoms with van der Waals surface area (Å²) in [4.78, 5) is 12.4. The summed E-state index contributed by atoms with van der Waals surface area (Å²) in [6.07, 6.45) is 11.9. The zero-order valence-corrected chi connectivity index (χ0v) is 12.8. The first-order valence-corrected chi connectivity index (χ1v) is 8.53. The highest BCUT2D eigenvalue weighted by molar-refractivity contribution is 5.82. The number of aromatic nitrogens is 2. The van der Waals surface area contributed by atoms with Gasteiger partial charge < -0.3 is 5.73 Å². The summed E-state index contributed by atoms with van der Waals surface area (Å²) in [5, 5.41) is 4.63. The average Bonchev–Trinajstić information content (AvgIpc) is 3.18. The topological polar surface area (TPSA) is 60.9 Å². The van der Waals surface area contributed by atoms with Crippen molar-refractivity contribution in [3.8, 4) is 0 Å². The molecule has 2 saturated carbocycles. The molecule has 3 rings (SSSR count). The fourth-order valence-corrected chi connectivity index (χ4v) is 3.89. The van der Waals surface area contributed by atoms with Gasteiger partial charge in [0.05, 0.1) is 18.2 Å². The summed E-state index contributed by atoms with van der Waals surface area (Å²) in [5.41, 5.74) is 6.66. The van der Waals surface area contributed by atoms with Crippen LogP contribution in [0, 0.1) is 11.8 Å². The maximum atomic E-state index is 12.4. The highest BCUT2D eigenvalue weighted by Gasteiger charge is 2.26. The van der Waals surface area contributed by atoms with Crippen molar-refractivity contribution in [2.75, 3.05) is 6.54 Å². The third-order valence-corrected chi connectivity index (χ3v) is 5.35. The Labute approximate surface area is 127 Å². The molecule has 1 heterocycles. The van der Waals surface area contributed by atoms with Gasteiger partial charge in [-0.05, 0) is 57.1 Å². The second-order valence-corrected chi connectivity index (χ2v) is 6.82. The third kappa shape index (κ3) is 3.54. The van der Waals surface area contributed by atoms with Gasteiger partial charge in [0.2, 0.25) is 0 Å². The second-order valence-electron chi connectivity index (χ2n) is 6.82. The Hall–Kier alpha value is -1.16. The minimum atomic E-state index is 0.240. The molecule has 0 atom stereocenters. The SMILES string of the molecule is NCC1CCC(C(=O)Cc2ccn(C3CCCC3)n2)CC1. The molecule has 4 nitrogen and oxygen atoms in total. The Morgan fingerprint density at radius 2 is 1.90 bits per heavy atom. The third-order valence-electron chi connectivity index (χ3n) is 5.35. The van der Waals surface area contributed by atoms with Crippen LogP contribution in [0.15, 0.2) is 12.3 Å². The average molecular weight is 289 g/mol. The molecule has 2 aliphatic carbocycles. The molecule has 1 aromatic rings. The van der Waals surface area contributed by atoms with Crippen molar-refractivity contribution in [3.05, 3.63) is 18.0 Å². The summed E-state index contributed by atoms with van der Waals surface area (Å²) in [6.45, 7) is 0.771. The lowest BCUT2D eigenvalue weighted by Crippen LogP contribution is -2.26. The molecule has 2 N–H and O–H groups in total. The predicted molar refractivity (Wildman–Crippen MR) is 82.9 cm³/mol. The van der Waals surface area contributed by atoms with Crippen LogP contribution in [0.25, 0.3) is 0 Å². The van der Waals surface area contributed by atoms with E-state index in [0.29, 0.717) is 24.2 Å². The summed E-state index contributed by atoms with van der Waals surface area (Å²) in [5.74, 6) is 1.25. The minimum Gasteiger partial charge on any atom is -0.330 e. The van der Waals surface area contributed by atoms with Gasteiger partial charge in [-0.25, -0.2) is 0 Å². The number of Topliss-reactive ketones (excluding diaryl/α,β-unsaturated/α-hetero) is 1. The maximum Gasteiger partial charge on any atom is 0.141 e. The zero-order chi connectivity index (χ0) is 14.7. The highest BCUT2D eigenvalue weighted by atomic mass is 16.1. The van der Waals surface area contributed by atoms with Crippen molar-refractivity contribution < 1.29 is 4.79 Å². The molecule has 21 heavy (non-hydrogen) atoms.